The number of carbonyl (C=O) groups excluding carboxylic acids is 1. The summed E-state index contributed by atoms with van der Waals surface area (Å²) in [5, 5.41) is 0. The molecule has 1 fully saturated rings. The smallest absolute Gasteiger partial charge is 0.143 e. The van der Waals surface area contributed by atoms with Gasteiger partial charge >= 0.3 is 0 Å². The van der Waals surface area contributed by atoms with Crippen LogP contribution < -0.4 is 0 Å². The van der Waals surface area contributed by atoms with E-state index in [2.05, 4.69) is 12.7 Å². The van der Waals surface area contributed by atoms with Crippen molar-refractivity contribution in [1.29, 1.82) is 0 Å². The van der Waals surface area contributed by atoms with Crippen LogP contribution in [0.2, 0.25) is 0 Å². The molecule has 0 N–H and O–H groups in total. The van der Waals surface area contributed by atoms with Gasteiger partial charge in [-0.25, -0.2) is 0 Å². The molecule has 1 nitrogen and oxygen atoms in total. The SMILES string of the molecule is C=CCC1(C2=CCCC2)CCCC1=O. The van der Waals surface area contributed by atoms with Gasteiger partial charge in [0.25, 0.3) is 0 Å². The monoisotopic (exact) mass is 190 g/mol. The summed E-state index contributed by atoms with van der Waals surface area (Å²) < 4.78 is 0. The van der Waals surface area contributed by atoms with E-state index in [-0.39, 0.29) is 5.41 Å². The highest BCUT2D eigenvalue weighted by Crippen LogP contribution is 2.48. The van der Waals surface area contributed by atoms with Gasteiger partial charge in [-0.15, -0.1) is 6.58 Å². The maximum Gasteiger partial charge on any atom is 0.143 e. The number of allylic oxidation sites excluding steroid dienone is 3. The van der Waals surface area contributed by atoms with E-state index < -0.39 is 0 Å². The predicted octanol–water partition coefficient (Wildman–Crippen LogP) is 3.41. The lowest BCUT2D eigenvalue weighted by Gasteiger charge is -2.27. The molecule has 1 saturated carbocycles. The summed E-state index contributed by atoms with van der Waals surface area (Å²) in [6.45, 7) is 3.80. The highest BCUT2D eigenvalue weighted by Gasteiger charge is 2.43. The van der Waals surface area contributed by atoms with Crippen LogP contribution in [0.15, 0.2) is 24.3 Å². The number of Topliss-reactive ketones (excluding diaryl/α,β-unsaturated/α-hetero) is 1. The van der Waals surface area contributed by atoms with Gasteiger partial charge in [0, 0.05) is 6.42 Å². The van der Waals surface area contributed by atoms with Crippen molar-refractivity contribution in [3.05, 3.63) is 24.3 Å². The molecule has 2 aliphatic rings. The van der Waals surface area contributed by atoms with Crippen molar-refractivity contribution in [1.82, 2.24) is 0 Å². The minimum atomic E-state index is -0.113. The Morgan fingerprint density at radius 3 is 2.79 bits per heavy atom. The fraction of sp³-hybridized carbons (Fsp3) is 0.615. The summed E-state index contributed by atoms with van der Waals surface area (Å²) in [5.74, 6) is 0.463. The molecule has 14 heavy (non-hydrogen) atoms. The molecule has 1 heteroatoms. The minimum absolute atomic E-state index is 0.113. The van der Waals surface area contributed by atoms with E-state index in [1.807, 2.05) is 6.08 Å². The highest BCUT2D eigenvalue weighted by atomic mass is 16.1. The number of ketones is 1. The zero-order chi connectivity index (χ0) is 10.0. The lowest BCUT2D eigenvalue weighted by Crippen LogP contribution is -2.26. The molecule has 0 bridgehead atoms. The molecule has 0 aliphatic heterocycles. The third-order valence-electron chi connectivity index (χ3n) is 3.69. The molecule has 2 rings (SSSR count). The van der Waals surface area contributed by atoms with E-state index in [9.17, 15) is 4.79 Å². The van der Waals surface area contributed by atoms with Crippen molar-refractivity contribution in [3.8, 4) is 0 Å². The van der Waals surface area contributed by atoms with Crippen LogP contribution in [-0.2, 0) is 4.79 Å². The van der Waals surface area contributed by atoms with Crippen molar-refractivity contribution >= 4 is 5.78 Å². The van der Waals surface area contributed by atoms with Crippen molar-refractivity contribution in [2.24, 2.45) is 5.41 Å². The quantitative estimate of drug-likeness (QED) is 0.623. The molecule has 2 aliphatic carbocycles. The van der Waals surface area contributed by atoms with E-state index in [1.165, 1.54) is 18.4 Å². The summed E-state index contributed by atoms with van der Waals surface area (Å²) in [6.07, 6.45) is 11.5. The molecule has 0 aromatic carbocycles. The van der Waals surface area contributed by atoms with E-state index in [0.717, 1.165) is 32.1 Å². The second kappa shape index (κ2) is 3.72. The van der Waals surface area contributed by atoms with Gasteiger partial charge in [0.2, 0.25) is 0 Å². The van der Waals surface area contributed by atoms with E-state index in [0.29, 0.717) is 5.78 Å². The summed E-state index contributed by atoms with van der Waals surface area (Å²) in [4.78, 5) is 12.0. The first-order valence-electron chi connectivity index (χ1n) is 5.63. The highest BCUT2D eigenvalue weighted by molar-refractivity contribution is 5.90. The Hall–Kier alpha value is -0.850. The maximum absolute atomic E-state index is 12.0. The van der Waals surface area contributed by atoms with Crippen molar-refractivity contribution < 1.29 is 4.79 Å². The van der Waals surface area contributed by atoms with Crippen molar-refractivity contribution in [2.75, 3.05) is 0 Å². The molecule has 0 spiro atoms. The first kappa shape index (κ1) is 9.70. The number of carbonyl (C=O) groups is 1. The standard InChI is InChI=1S/C13H18O/c1-2-9-13(10-5-8-12(13)14)11-6-3-4-7-11/h2,6H,1,3-5,7-10H2. The van der Waals surface area contributed by atoms with Crippen molar-refractivity contribution in [2.45, 2.75) is 44.9 Å². The van der Waals surface area contributed by atoms with E-state index >= 15 is 0 Å². The van der Waals surface area contributed by atoms with Crippen LogP contribution in [-0.4, -0.2) is 5.78 Å². The molecule has 0 radical (unpaired) electrons. The van der Waals surface area contributed by atoms with E-state index in [1.54, 1.807) is 0 Å². The average Bonchev–Trinajstić information content (AvgIpc) is 2.77. The van der Waals surface area contributed by atoms with Crippen LogP contribution in [0, 0.1) is 5.41 Å². The van der Waals surface area contributed by atoms with Crippen molar-refractivity contribution in [3.63, 3.8) is 0 Å². The lowest BCUT2D eigenvalue weighted by molar-refractivity contribution is -0.124. The summed E-state index contributed by atoms with van der Waals surface area (Å²) >= 11 is 0. The zero-order valence-corrected chi connectivity index (χ0v) is 8.72. The normalized spacial score (nSPS) is 32.0. The summed E-state index contributed by atoms with van der Waals surface area (Å²) in [6, 6.07) is 0. The van der Waals surface area contributed by atoms with Crippen LogP contribution in [0.1, 0.15) is 44.9 Å². The molecular weight excluding hydrogens is 172 g/mol. The van der Waals surface area contributed by atoms with Gasteiger partial charge in [-0.05, 0) is 38.5 Å². The third kappa shape index (κ3) is 1.35. The number of hydrogen-bond acceptors (Lipinski definition) is 1. The molecule has 1 atom stereocenters. The van der Waals surface area contributed by atoms with Crippen LogP contribution in [0.4, 0.5) is 0 Å². The first-order valence-corrected chi connectivity index (χ1v) is 5.63. The molecule has 1 unspecified atom stereocenters. The van der Waals surface area contributed by atoms with Gasteiger partial charge in [0.1, 0.15) is 5.78 Å². The molecule has 0 aromatic heterocycles. The van der Waals surface area contributed by atoms with Crippen LogP contribution >= 0.6 is 0 Å². The van der Waals surface area contributed by atoms with Crippen LogP contribution in [0.5, 0.6) is 0 Å². The van der Waals surface area contributed by atoms with E-state index in [4.69, 9.17) is 0 Å². The molecule has 0 saturated heterocycles. The Morgan fingerprint density at radius 1 is 1.43 bits per heavy atom. The fourth-order valence-corrected chi connectivity index (χ4v) is 2.97. The van der Waals surface area contributed by atoms with Gasteiger partial charge in [0.05, 0.1) is 5.41 Å². The Bertz CT molecular complexity index is 288. The largest absolute Gasteiger partial charge is 0.299 e. The van der Waals surface area contributed by atoms with Gasteiger partial charge in [-0.3, -0.25) is 4.79 Å². The second-order valence-electron chi connectivity index (χ2n) is 4.47. The third-order valence-corrected chi connectivity index (χ3v) is 3.69. The van der Waals surface area contributed by atoms with Gasteiger partial charge in [-0.2, -0.15) is 0 Å². The number of hydrogen-bond donors (Lipinski definition) is 0. The Balaban J connectivity index is 2.29. The Morgan fingerprint density at radius 2 is 2.29 bits per heavy atom. The van der Waals surface area contributed by atoms with Gasteiger partial charge in [-0.1, -0.05) is 17.7 Å². The molecule has 76 valence electrons. The summed E-state index contributed by atoms with van der Waals surface area (Å²) in [5.41, 5.74) is 1.30. The summed E-state index contributed by atoms with van der Waals surface area (Å²) in [7, 11) is 0. The Kier molecular flexibility index (Phi) is 2.58. The van der Waals surface area contributed by atoms with Gasteiger partial charge in [0.15, 0.2) is 0 Å². The zero-order valence-electron chi connectivity index (χ0n) is 8.72. The molecular formula is C13H18O. The average molecular weight is 190 g/mol. The molecule has 0 heterocycles. The first-order chi connectivity index (χ1) is 6.79. The van der Waals surface area contributed by atoms with Crippen LogP contribution in [0.3, 0.4) is 0 Å². The Labute approximate surface area is 85.9 Å². The minimum Gasteiger partial charge on any atom is -0.299 e. The topological polar surface area (TPSA) is 17.1 Å². The molecule has 0 amide bonds. The second-order valence-corrected chi connectivity index (χ2v) is 4.47. The maximum atomic E-state index is 12.0. The van der Waals surface area contributed by atoms with Crippen LogP contribution in [0.25, 0.3) is 0 Å². The predicted molar refractivity (Wildman–Crippen MR) is 58.0 cm³/mol. The molecule has 0 aromatic rings. The fourth-order valence-electron chi connectivity index (χ4n) is 2.97. The lowest BCUT2D eigenvalue weighted by atomic mass is 9.74. The number of rotatable bonds is 3. The van der Waals surface area contributed by atoms with Gasteiger partial charge < -0.3 is 0 Å².